The van der Waals surface area contributed by atoms with Gasteiger partial charge in [-0.15, -0.1) is 0 Å². The van der Waals surface area contributed by atoms with E-state index in [0.717, 1.165) is 0 Å². The van der Waals surface area contributed by atoms with Gasteiger partial charge in [0.05, 0.1) is 0 Å². The number of nitrogens with zero attached hydrogens (tertiary/aromatic N) is 2. The Morgan fingerprint density at radius 1 is 1.23 bits per heavy atom. The molecule has 1 aromatic heterocycles. The van der Waals surface area contributed by atoms with Crippen LogP contribution in [0.3, 0.4) is 0 Å². The van der Waals surface area contributed by atoms with Crippen molar-refractivity contribution in [3.63, 3.8) is 0 Å². The van der Waals surface area contributed by atoms with Gasteiger partial charge in [-0.2, -0.15) is 0 Å². The molecular weight excluding hydrogens is 284 g/mol. The molecule has 0 fully saturated rings. The minimum Gasteiger partial charge on any atom is -0.447 e. The van der Waals surface area contributed by atoms with E-state index < -0.39 is 18.0 Å². The lowest BCUT2D eigenvalue weighted by atomic mass is 10.2. The molecule has 7 heteroatoms. The van der Waals surface area contributed by atoms with Gasteiger partial charge in [-0.25, -0.2) is 14.8 Å². The van der Waals surface area contributed by atoms with Crippen LogP contribution in [0.1, 0.15) is 23.8 Å². The molecular formula is C15H16N4O3. The first-order valence-corrected chi connectivity index (χ1v) is 6.75. The van der Waals surface area contributed by atoms with Crippen LogP contribution in [0.4, 0.5) is 11.5 Å². The Bertz CT molecular complexity index is 661. The number of carbonyl (C=O) groups is 2. The van der Waals surface area contributed by atoms with E-state index in [0.29, 0.717) is 12.1 Å². The Morgan fingerprint density at radius 2 is 1.91 bits per heavy atom. The number of amides is 1. The molecule has 0 aliphatic carbocycles. The maximum absolute atomic E-state index is 12.1. The van der Waals surface area contributed by atoms with Crippen LogP contribution in [-0.2, 0) is 9.53 Å². The summed E-state index contributed by atoms with van der Waals surface area (Å²) in [4.78, 5) is 31.7. The van der Waals surface area contributed by atoms with Crippen LogP contribution in [0.2, 0.25) is 0 Å². The number of carbonyl (C=O) groups excluding carboxylic acids is 2. The van der Waals surface area contributed by atoms with Crippen LogP contribution in [0.15, 0.2) is 42.7 Å². The second-order valence-electron chi connectivity index (χ2n) is 4.45. The summed E-state index contributed by atoms with van der Waals surface area (Å²) in [6.45, 7) is 1.74. The van der Waals surface area contributed by atoms with E-state index in [1.54, 1.807) is 31.2 Å². The van der Waals surface area contributed by atoms with Gasteiger partial charge in [0, 0.05) is 18.1 Å². The second-order valence-corrected chi connectivity index (χ2v) is 4.45. The number of ether oxygens (including phenoxy) is 1. The molecule has 1 amide bonds. The van der Waals surface area contributed by atoms with Crippen molar-refractivity contribution in [2.24, 2.45) is 0 Å². The lowest BCUT2D eigenvalue weighted by Crippen LogP contribution is -2.32. The number of esters is 1. The van der Waals surface area contributed by atoms with E-state index in [1.165, 1.54) is 12.4 Å². The number of anilines is 2. The standard InChI is InChI=1S/C15H16N4O3/c1-2-11(14(20)19-10-6-4-3-5-7-10)22-15(21)12-13(16)18-9-8-17-12/h3-9,11H,2H2,1H3,(H2,16,18)(H,19,20). The maximum atomic E-state index is 12.1. The molecule has 0 aliphatic heterocycles. The fourth-order valence-corrected chi connectivity index (χ4v) is 1.76. The van der Waals surface area contributed by atoms with Crippen molar-refractivity contribution in [1.82, 2.24) is 9.97 Å². The summed E-state index contributed by atoms with van der Waals surface area (Å²) in [5.74, 6) is -1.23. The lowest BCUT2D eigenvalue weighted by molar-refractivity contribution is -0.124. The largest absolute Gasteiger partial charge is 0.447 e. The molecule has 0 saturated carbocycles. The number of hydrogen-bond acceptors (Lipinski definition) is 6. The molecule has 1 aromatic carbocycles. The third-order valence-corrected chi connectivity index (χ3v) is 2.87. The Labute approximate surface area is 127 Å². The van der Waals surface area contributed by atoms with Crippen LogP contribution in [0.5, 0.6) is 0 Å². The Balaban J connectivity index is 2.04. The summed E-state index contributed by atoms with van der Waals surface area (Å²) in [6, 6.07) is 8.91. The van der Waals surface area contributed by atoms with Gasteiger partial charge >= 0.3 is 5.97 Å². The first kappa shape index (κ1) is 15.4. The van der Waals surface area contributed by atoms with Gasteiger partial charge in [0.15, 0.2) is 17.6 Å². The number of benzene rings is 1. The fraction of sp³-hybridized carbons (Fsp3) is 0.200. The third kappa shape index (κ3) is 3.78. The van der Waals surface area contributed by atoms with E-state index in [1.807, 2.05) is 6.07 Å². The average Bonchev–Trinajstić information content (AvgIpc) is 2.53. The number of nitrogens with two attached hydrogens (primary N) is 1. The summed E-state index contributed by atoms with van der Waals surface area (Å²) in [5.41, 5.74) is 6.09. The molecule has 0 spiro atoms. The monoisotopic (exact) mass is 300 g/mol. The van der Waals surface area contributed by atoms with Gasteiger partial charge in [-0.1, -0.05) is 25.1 Å². The van der Waals surface area contributed by atoms with Gasteiger partial charge in [-0.05, 0) is 18.6 Å². The van der Waals surface area contributed by atoms with Crippen molar-refractivity contribution in [3.05, 3.63) is 48.4 Å². The number of para-hydroxylation sites is 1. The Kier molecular flexibility index (Phi) is 5.02. The van der Waals surface area contributed by atoms with E-state index in [2.05, 4.69) is 15.3 Å². The highest BCUT2D eigenvalue weighted by molar-refractivity contribution is 5.98. The normalized spacial score (nSPS) is 11.5. The van der Waals surface area contributed by atoms with E-state index >= 15 is 0 Å². The molecule has 2 aromatic rings. The minimum atomic E-state index is -0.936. The molecule has 0 aliphatic rings. The molecule has 22 heavy (non-hydrogen) atoms. The quantitative estimate of drug-likeness (QED) is 0.813. The summed E-state index contributed by atoms with van der Waals surface area (Å²) < 4.78 is 5.17. The Morgan fingerprint density at radius 3 is 2.55 bits per heavy atom. The van der Waals surface area contributed by atoms with Gasteiger partial charge in [0.1, 0.15) is 0 Å². The van der Waals surface area contributed by atoms with Crippen LogP contribution < -0.4 is 11.1 Å². The van der Waals surface area contributed by atoms with Crippen LogP contribution >= 0.6 is 0 Å². The summed E-state index contributed by atoms with van der Waals surface area (Å²) >= 11 is 0. The summed E-state index contributed by atoms with van der Waals surface area (Å²) in [6.07, 6.45) is 2.09. The second kappa shape index (κ2) is 7.16. The molecule has 1 unspecified atom stereocenters. The predicted octanol–water partition coefficient (Wildman–Crippen LogP) is 1.63. The van der Waals surface area contributed by atoms with Gasteiger partial charge in [-0.3, -0.25) is 4.79 Å². The highest BCUT2D eigenvalue weighted by Gasteiger charge is 2.24. The first-order chi connectivity index (χ1) is 10.6. The predicted molar refractivity (Wildman–Crippen MR) is 81.0 cm³/mol. The Hall–Kier alpha value is -2.96. The molecule has 2 rings (SSSR count). The summed E-state index contributed by atoms with van der Waals surface area (Å²) in [7, 11) is 0. The fourth-order valence-electron chi connectivity index (χ4n) is 1.76. The van der Waals surface area contributed by atoms with Crippen molar-refractivity contribution in [2.45, 2.75) is 19.4 Å². The zero-order valence-electron chi connectivity index (χ0n) is 12.0. The topological polar surface area (TPSA) is 107 Å². The van der Waals surface area contributed by atoms with Crippen molar-refractivity contribution < 1.29 is 14.3 Å². The van der Waals surface area contributed by atoms with Crippen LogP contribution in [0.25, 0.3) is 0 Å². The first-order valence-electron chi connectivity index (χ1n) is 6.75. The van der Waals surface area contributed by atoms with Gasteiger partial charge in [0.25, 0.3) is 5.91 Å². The average molecular weight is 300 g/mol. The molecule has 114 valence electrons. The molecule has 0 bridgehead atoms. The third-order valence-electron chi connectivity index (χ3n) is 2.87. The maximum Gasteiger partial charge on any atom is 0.361 e. The molecule has 1 heterocycles. The van der Waals surface area contributed by atoms with Crippen LogP contribution in [0, 0.1) is 0 Å². The van der Waals surface area contributed by atoms with Crippen LogP contribution in [-0.4, -0.2) is 27.9 Å². The van der Waals surface area contributed by atoms with E-state index in [4.69, 9.17) is 10.5 Å². The van der Waals surface area contributed by atoms with Gasteiger partial charge < -0.3 is 15.8 Å². The molecule has 3 N–H and O–H groups in total. The SMILES string of the molecule is CCC(OC(=O)c1nccnc1N)C(=O)Nc1ccccc1. The zero-order chi connectivity index (χ0) is 15.9. The highest BCUT2D eigenvalue weighted by Crippen LogP contribution is 2.11. The number of aromatic nitrogens is 2. The lowest BCUT2D eigenvalue weighted by Gasteiger charge is -2.16. The minimum absolute atomic E-state index is 0.0363. The summed E-state index contributed by atoms with van der Waals surface area (Å²) in [5, 5.41) is 2.68. The van der Waals surface area contributed by atoms with E-state index in [-0.39, 0.29) is 11.5 Å². The molecule has 0 saturated heterocycles. The number of rotatable bonds is 5. The number of nitrogens with one attached hydrogen (secondary N) is 1. The zero-order valence-corrected chi connectivity index (χ0v) is 12.0. The van der Waals surface area contributed by atoms with Crippen molar-refractivity contribution in [3.8, 4) is 0 Å². The van der Waals surface area contributed by atoms with Crippen molar-refractivity contribution in [1.29, 1.82) is 0 Å². The van der Waals surface area contributed by atoms with Gasteiger partial charge in [0.2, 0.25) is 0 Å². The highest BCUT2D eigenvalue weighted by atomic mass is 16.5. The van der Waals surface area contributed by atoms with E-state index in [9.17, 15) is 9.59 Å². The molecule has 7 nitrogen and oxygen atoms in total. The number of nitrogen functional groups attached to an aromatic ring is 1. The smallest absolute Gasteiger partial charge is 0.361 e. The van der Waals surface area contributed by atoms with Crippen molar-refractivity contribution >= 4 is 23.4 Å². The molecule has 0 radical (unpaired) electrons. The van der Waals surface area contributed by atoms with Crippen molar-refractivity contribution in [2.75, 3.05) is 11.1 Å². The molecule has 1 atom stereocenters. The number of hydrogen-bond donors (Lipinski definition) is 2.